The minimum atomic E-state index is -0.423. The van der Waals surface area contributed by atoms with E-state index in [1.54, 1.807) is 11.8 Å². The van der Waals surface area contributed by atoms with Crippen molar-refractivity contribution in [1.82, 2.24) is 15.1 Å². The molecule has 0 atom stereocenters. The summed E-state index contributed by atoms with van der Waals surface area (Å²) in [7, 11) is 0. The number of ether oxygens (including phenoxy) is 1. The van der Waals surface area contributed by atoms with Crippen molar-refractivity contribution in [1.29, 1.82) is 0 Å². The van der Waals surface area contributed by atoms with Crippen molar-refractivity contribution in [3.8, 4) is 0 Å². The van der Waals surface area contributed by atoms with E-state index in [0.717, 1.165) is 42.4 Å². The van der Waals surface area contributed by atoms with Gasteiger partial charge in [0, 0.05) is 18.8 Å². The van der Waals surface area contributed by atoms with Gasteiger partial charge in [-0.05, 0) is 58.6 Å². The van der Waals surface area contributed by atoms with Crippen LogP contribution in [0.1, 0.15) is 39.3 Å². The van der Waals surface area contributed by atoms with Crippen molar-refractivity contribution in [2.24, 2.45) is 5.92 Å². The summed E-state index contributed by atoms with van der Waals surface area (Å²) in [4.78, 5) is 13.8. The lowest BCUT2D eigenvalue weighted by Gasteiger charge is -2.33. The van der Waals surface area contributed by atoms with E-state index in [2.05, 4.69) is 10.2 Å². The average molecular weight is 323 g/mol. The van der Waals surface area contributed by atoms with E-state index < -0.39 is 5.60 Å². The SMILES string of the molecule is Cc1ccc(SCC2CCN(C(=O)OC(C)(C)C)CC2)nn1. The van der Waals surface area contributed by atoms with Crippen molar-refractivity contribution in [2.45, 2.75) is 51.2 Å². The highest BCUT2D eigenvalue weighted by molar-refractivity contribution is 7.99. The highest BCUT2D eigenvalue weighted by Crippen LogP contribution is 2.26. The van der Waals surface area contributed by atoms with Gasteiger partial charge in [-0.3, -0.25) is 0 Å². The summed E-state index contributed by atoms with van der Waals surface area (Å²) < 4.78 is 5.42. The molecule has 2 heterocycles. The fourth-order valence-corrected chi connectivity index (χ4v) is 3.28. The maximum atomic E-state index is 12.0. The summed E-state index contributed by atoms with van der Waals surface area (Å²) >= 11 is 1.75. The summed E-state index contributed by atoms with van der Waals surface area (Å²) in [5.74, 6) is 1.65. The molecule has 0 N–H and O–H groups in total. The van der Waals surface area contributed by atoms with Gasteiger partial charge in [-0.25, -0.2) is 4.79 Å². The van der Waals surface area contributed by atoms with Crippen molar-refractivity contribution in [3.63, 3.8) is 0 Å². The number of hydrogen-bond donors (Lipinski definition) is 0. The Hall–Kier alpha value is -1.30. The second-order valence-corrected chi connectivity index (χ2v) is 7.78. The summed E-state index contributed by atoms with van der Waals surface area (Å²) in [5, 5.41) is 9.22. The van der Waals surface area contributed by atoms with Crippen LogP contribution in [0.15, 0.2) is 17.2 Å². The third-order valence-electron chi connectivity index (χ3n) is 3.51. The number of thioether (sulfide) groups is 1. The second kappa shape index (κ2) is 7.31. The Kier molecular flexibility index (Phi) is 5.67. The van der Waals surface area contributed by atoms with Crippen LogP contribution in [0, 0.1) is 12.8 Å². The highest BCUT2D eigenvalue weighted by atomic mass is 32.2. The van der Waals surface area contributed by atoms with Crippen LogP contribution in [-0.4, -0.2) is 45.6 Å². The minimum absolute atomic E-state index is 0.192. The first kappa shape index (κ1) is 17.1. The molecule has 0 saturated carbocycles. The smallest absolute Gasteiger partial charge is 0.410 e. The van der Waals surface area contributed by atoms with Gasteiger partial charge in [0.15, 0.2) is 0 Å². The molecule has 5 nitrogen and oxygen atoms in total. The molecule has 1 aliphatic rings. The first-order valence-electron chi connectivity index (χ1n) is 7.74. The maximum absolute atomic E-state index is 12.0. The zero-order valence-corrected chi connectivity index (χ0v) is 14.7. The molecule has 1 aliphatic heterocycles. The second-order valence-electron chi connectivity index (χ2n) is 6.73. The van der Waals surface area contributed by atoms with Gasteiger partial charge in [0.25, 0.3) is 0 Å². The van der Waals surface area contributed by atoms with E-state index in [1.165, 1.54) is 0 Å². The molecule has 2 rings (SSSR count). The maximum Gasteiger partial charge on any atom is 0.410 e. The minimum Gasteiger partial charge on any atom is -0.444 e. The quantitative estimate of drug-likeness (QED) is 0.797. The average Bonchev–Trinajstić information content (AvgIpc) is 2.45. The fraction of sp³-hybridized carbons (Fsp3) is 0.688. The number of likely N-dealkylation sites (tertiary alicyclic amines) is 1. The van der Waals surface area contributed by atoms with Crippen LogP contribution in [0.5, 0.6) is 0 Å². The number of rotatable bonds is 3. The van der Waals surface area contributed by atoms with Gasteiger partial charge in [0.2, 0.25) is 0 Å². The van der Waals surface area contributed by atoms with E-state index in [4.69, 9.17) is 4.74 Å². The first-order valence-corrected chi connectivity index (χ1v) is 8.73. The predicted octanol–water partition coefficient (Wildman–Crippen LogP) is 3.52. The van der Waals surface area contributed by atoms with Gasteiger partial charge in [-0.1, -0.05) is 0 Å². The van der Waals surface area contributed by atoms with Crippen LogP contribution >= 0.6 is 11.8 Å². The Bertz CT molecular complexity index is 491. The topological polar surface area (TPSA) is 55.3 Å². The van der Waals surface area contributed by atoms with Crippen LogP contribution in [0.2, 0.25) is 0 Å². The summed E-state index contributed by atoms with van der Waals surface area (Å²) in [5.41, 5.74) is 0.517. The van der Waals surface area contributed by atoms with E-state index >= 15 is 0 Å². The van der Waals surface area contributed by atoms with Crippen molar-refractivity contribution < 1.29 is 9.53 Å². The predicted molar refractivity (Wildman–Crippen MR) is 88.0 cm³/mol. The van der Waals surface area contributed by atoms with Gasteiger partial charge < -0.3 is 9.64 Å². The van der Waals surface area contributed by atoms with Gasteiger partial charge in [-0.15, -0.1) is 16.9 Å². The molecule has 1 amide bonds. The summed E-state index contributed by atoms with van der Waals surface area (Å²) in [6, 6.07) is 4.00. The fourth-order valence-electron chi connectivity index (χ4n) is 2.28. The Labute approximate surface area is 136 Å². The molecule has 122 valence electrons. The Morgan fingerprint density at radius 2 is 2.00 bits per heavy atom. The third-order valence-corrected chi connectivity index (χ3v) is 4.66. The number of nitrogens with zero attached hydrogens (tertiary/aromatic N) is 3. The van der Waals surface area contributed by atoms with Gasteiger partial charge >= 0.3 is 6.09 Å². The third kappa shape index (κ3) is 5.48. The zero-order valence-electron chi connectivity index (χ0n) is 13.8. The summed E-state index contributed by atoms with van der Waals surface area (Å²) in [6.45, 7) is 9.19. The molecule has 1 aromatic heterocycles. The van der Waals surface area contributed by atoms with Crippen molar-refractivity contribution in [2.75, 3.05) is 18.8 Å². The number of carbonyl (C=O) groups is 1. The Morgan fingerprint density at radius 1 is 1.32 bits per heavy atom. The van der Waals surface area contributed by atoms with Crippen LogP contribution in [-0.2, 0) is 4.74 Å². The van der Waals surface area contributed by atoms with E-state index in [9.17, 15) is 4.79 Å². The largest absolute Gasteiger partial charge is 0.444 e. The molecule has 0 aliphatic carbocycles. The van der Waals surface area contributed by atoms with E-state index in [1.807, 2.05) is 44.7 Å². The molecular formula is C16H25N3O2S. The number of aromatic nitrogens is 2. The van der Waals surface area contributed by atoms with Crippen LogP contribution < -0.4 is 0 Å². The Balaban J connectivity index is 1.73. The van der Waals surface area contributed by atoms with Crippen molar-refractivity contribution >= 4 is 17.9 Å². The van der Waals surface area contributed by atoms with Gasteiger partial charge in [-0.2, -0.15) is 5.10 Å². The highest BCUT2D eigenvalue weighted by Gasteiger charge is 2.26. The van der Waals surface area contributed by atoms with Crippen LogP contribution in [0.25, 0.3) is 0 Å². The number of aryl methyl sites for hydroxylation is 1. The molecule has 0 unspecified atom stereocenters. The molecule has 0 radical (unpaired) electrons. The monoisotopic (exact) mass is 323 g/mol. The van der Waals surface area contributed by atoms with Crippen LogP contribution in [0.3, 0.4) is 0 Å². The lowest BCUT2D eigenvalue weighted by molar-refractivity contribution is 0.0191. The molecule has 0 bridgehead atoms. The van der Waals surface area contributed by atoms with E-state index in [0.29, 0.717) is 5.92 Å². The lowest BCUT2D eigenvalue weighted by Crippen LogP contribution is -2.42. The molecule has 6 heteroatoms. The Morgan fingerprint density at radius 3 is 2.55 bits per heavy atom. The molecular weight excluding hydrogens is 298 g/mol. The molecule has 22 heavy (non-hydrogen) atoms. The summed E-state index contributed by atoms with van der Waals surface area (Å²) in [6.07, 6.45) is 1.85. The molecule has 0 aromatic carbocycles. The van der Waals surface area contributed by atoms with Gasteiger partial charge in [0.1, 0.15) is 10.6 Å². The standard InChI is InChI=1S/C16H25N3O2S/c1-12-5-6-14(18-17-12)22-11-13-7-9-19(10-8-13)15(20)21-16(2,3)4/h5-6,13H,7-11H2,1-4H3. The van der Waals surface area contributed by atoms with Gasteiger partial charge in [0.05, 0.1) is 5.69 Å². The number of amides is 1. The lowest BCUT2D eigenvalue weighted by atomic mass is 9.99. The number of hydrogen-bond acceptors (Lipinski definition) is 5. The molecule has 1 saturated heterocycles. The normalized spacial score (nSPS) is 16.6. The number of piperidine rings is 1. The number of carbonyl (C=O) groups excluding carboxylic acids is 1. The molecule has 1 aromatic rings. The first-order chi connectivity index (χ1) is 10.3. The van der Waals surface area contributed by atoms with Crippen LogP contribution in [0.4, 0.5) is 4.79 Å². The molecule has 0 spiro atoms. The van der Waals surface area contributed by atoms with Crippen molar-refractivity contribution in [3.05, 3.63) is 17.8 Å². The van der Waals surface area contributed by atoms with E-state index in [-0.39, 0.29) is 6.09 Å². The molecule has 1 fully saturated rings. The zero-order chi connectivity index (χ0) is 16.2.